The van der Waals surface area contributed by atoms with E-state index in [-0.39, 0.29) is 6.61 Å². The van der Waals surface area contributed by atoms with Crippen molar-refractivity contribution in [2.24, 2.45) is 0 Å². The van der Waals surface area contributed by atoms with E-state index in [2.05, 4.69) is 15.9 Å². The molecule has 0 aromatic heterocycles. The molecule has 0 aliphatic rings. The van der Waals surface area contributed by atoms with Crippen LogP contribution in [0.1, 0.15) is 11.1 Å². The molecule has 132 valence electrons. The molecule has 0 saturated heterocycles. The summed E-state index contributed by atoms with van der Waals surface area (Å²) in [5.41, 5.74) is 1.42. The van der Waals surface area contributed by atoms with Crippen LogP contribution in [0.25, 0.3) is 0 Å². The number of hydrogen-bond acceptors (Lipinski definition) is 3. The van der Waals surface area contributed by atoms with Crippen molar-refractivity contribution >= 4 is 62.3 Å². The Kier molecular flexibility index (Phi) is 9.57. The zero-order valence-electron chi connectivity index (χ0n) is 12.9. The molecular formula is C16H15BrCl4O3. The number of alkyl halides is 1. The van der Waals surface area contributed by atoms with Crippen LogP contribution in [-0.4, -0.2) is 19.3 Å². The minimum atomic E-state index is -0.165. The van der Waals surface area contributed by atoms with Crippen molar-refractivity contribution in [2.45, 2.75) is 11.9 Å². The van der Waals surface area contributed by atoms with Gasteiger partial charge in [-0.25, -0.2) is 0 Å². The van der Waals surface area contributed by atoms with Crippen LogP contribution in [0.5, 0.6) is 11.5 Å². The first kappa shape index (κ1) is 21.7. The Bertz CT molecular complexity index is 590. The molecule has 0 heterocycles. The number of rotatable bonds is 4. The fourth-order valence-corrected chi connectivity index (χ4v) is 3.79. The Balaban J connectivity index is 0.000000240. The van der Waals surface area contributed by atoms with Gasteiger partial charge in [0.15, 0.2) is 0 Å². The van der Waals surface area contributed by atoms with E-state index in [1.165, 1.54) is 7.11 Å². The second-order valence-corrected chi connectivity index (χ2v) is 6.62. The van der Waals surface area contributed by atoms with Crippen molar-refractivity contribution in [1.82, 2.24) is 0 Å². The van der Waals surface area contributed by atoms with Gasteiger partial charge in [-0.3, -0.25) is 0 Å². The molecule has 2 rings (SSSR count). The average Bonchev–Trinajstić information content (AvgIpc) is 2.54. The summed E-state index contributed by atoms with van der Waals surface area (Å²) in [6, 6.07) is 6.70. The van der Waals surface area contributed by atoms with E-state index >= 15 is 0 Å². The molecule has 0 saturated carbocycles. The number of aliphatic hydroxyl groups is 1. The third-order valence-electron chi connectivity index (χ3n) is 2.99. The molecule has 0 spiro atoms. The third kappa shape index (κ3) is 5.87. The lowest BCUT2D eigenvalue weighted by Gasteiger charge is -2.06. The molecule has 0 bridgehead atoms. The molecule has 0 aliphatic carbocycles. The van der Waals surface area contributed by atoms with Gasteiger partial charge in [0.1, 0.15) is 11.5 Å². The maximum atomic E-state index is 8.85. The zero-order chi connectivity index (χ0) is 18.3. The van der Waals surface area contributed by atoms with Gasteiger partial charge in [-0.2, -0.15) is 0 Å². The first-order valence-electron chi connectivity index (χ1n) is 6.58. The Morgan fingerprint density at radius 1 is 0.792 bits per heavy atom. The topological polar surface area (TPSA) is 38.7 Å². The molecule has 24 heavy (non-hydrogen) atoms. The molecule has 0 aliphatic heterocycles. The first-order chi connectivity index (χ1) is 11.4. The molecule has 0 amide bonds. The second kappa shape index (κ2) is 10.6. The van der Waals surface area contributed by atoms with Crippen LogP contribution in [0.2, 0.25) is 20.1 Å². The van der Waals surface area contributed by atoms with E-state index < -0.39 is 0 Å². The van der Waals surface area contributed by atoms with Crippen molar-refractivity contribution in [1.29, 1.82) is 0 Å². The van der Waals surface area contributed by atoms with Crippen molar-refractivity contribution in [2.75, 3.05) is 14.2 Å². The van der Waals surface area contributed by atoms with Crippen molar-refractivity contribution in [3.8, 4) is 11.5 Å². The predicted molar refractivity (Wildman–Crippen MR) is 105 cm³/mol. The highest BCUT2D eigenvalue weighted by atomic mass is 79.9. The Hall–Kier alpha value is -0.360. The van der Waals surface area contributed by atoms with E-state index in [9.17, 15) is 0 Å². The summed E-state index contributed by atoms with van der Waals surface area (Å²) in [6.07, 6.45) is 0. The smallest absolute Gasteiger partial charge is 0.121 e. The molecule has 8 heteroatoms. The van der Waals surface area contributed by atoms with Gasteiger partial charge in [-0.05, 0) is 24.3 Å². The fourth-order valence-electron chi connectivity index (χ4n) is 1.67. The van der Waals surface area contributed by atoms with Crippen molar-refractivity contribution in [3.05, 3.63) is 55.5 Å². The Morgan fingerprint density at radius 2 is 1.12 bits per heavy atom. The number of methoxy groups -OCH3 is 2. The number of benzene rings is 2. The lowest BCUT2D eigenvalue weighted by Crippen LogP contribution is -1.89. The van der Waals surface area contributed by atoms with Gasteiger partial charge in [0.05, 0.1) is 30.9 Å². The summed E-state index contributed by atoms with van der Waals surface area (Å²) in [4.78, 5) is 0. The normalized spacial score (nSPS) is 10.0. The summed E-state index contributed by atoms with van der Waals surface area (Å²) in [6.45, 7) is -0.165. The van der Waals surface area contributed by atoms with Crippen LogP contribution in [0.4, 0.5) is 0 Å². The molecule has 0 radical (unpaired) electrons. The largest absolute Gasteiger partial charge is 0.497 e. The molecule has 0 atom stereocenters. The summed E-state index contributed by atoms with van der Waals surface area (Å²) in [7, 11) is 3.11. The van der Waals surface area contributed by atoms with Gasteiger partial charge in [0, 0.05) is 26.5 Å². The molecule has 0 unspecified atom stereocenters. The first-order valence-corrected chi connectivity index (χ1v) is 9.21. The van der Waals surface area contributed by atoms with Crippen LogP contribution >= 0.6 is 62.3 Å². The zero-order valence-corrected chi connectivity index (χ0v) is 17.5. The third-order valence-corrected chi connectivity index (χ3v) is 4.90. The van der Waals surface area contributed by atoms with E-state index in [1.807, 2.05) is 0 Å². The quantitative estimate of drug-likeness (QED) is 0.519. The maximum absolute atomic E-state index is 8.85. The highest BCUT2D eigenvalue weighted by molar-refractivity contribution is 9.08. The molecule has 2 aromatic rings. The number of hydrogen-bond donors (Lipinski definition) is 1. The van der Waals surface area contributed by atoms with Gasteiger partial charge in [-0.1, -0.05) is 62.3 Å². The van der Waals surface area contributed by atoms with Crippen molar-refractivity contribution < 1.29 is 14.6 Å². The SMILES string of the molecule is COc1cc(Cl)c(CBr)c(Cl)c1.COc1cc(Cl)c(CO)c(Cl)c1. The monoisotopic (exact) mass is 474 g/mol. The van der Waals surface area contributed by atoms with Crippen LogP contribution in [0, 0.1) is 0 Å². The summed E-state index contributed by atoms with van der Waals surface area (Å²) in [5, 5.41) is 11.6. The van der Waals surface area contributed by atoms with Gasteiger partial charge < -0.3 is 14.6 Å². The van der Waals surface area contributed by atoms with E-state index in [0.29, 0.717) is 42.5 Å². The van der Waals surface area contributed by atoms with E-state index in [4.69, 9.17) is 61.0 Å². The van der Waals surface area contributed by atoms with Crippen LogP contribution in [-0.2, 0) is 11.9 Å². The van der Waals surface area contributed by atoms with Gasteiger partial charge in [0.2, 0.25) is 0 Å². The fraction of sp³-hybridized carbons (Fsp3) is 0.250. The number of halogens is 5. The van der Waals surface area contributed by atoms with E-state index in [1.54, 1.807) is 31.4 Å². The minimum Gasteiger partial charge on any atom is -0.497 e. The number of aliphatic hydroxyl groups excluding tert-OH is 1. The average molecular weight is 477 g/mol. The molecule has 2 aromatic carbocycles. The van der Waals surface area contributed by atoms with Gasteiger partial charge >= 0.3 is 0 Å². The summed E-state index contributed by atoms with van der Waals surface area (Å²) in [5.74, 6) is 1.26. The van der Waals surface area contributed by atoms with Gasteiger partial charge in [-0.15, -0.1) is 0 Å². The maximum Gasteiger partial charge on any atom is 0.121 e. The molecular weight excluding hydrogens is 462 g/mol. The standard InChI is InChI=1S/C8H7BrCl2O.C8H8Cl2O2/c1-12-5-2-7(10)6(4-9)8(11)3-5;1-12-5-2-7(9)6(4-11)8(10)3-5/h2-3H,4H2,1H3;2-3,11H,4H2,1H3. The molecule has 0 fully saturated rings. The predicted octanol–water partition coefficient (Wildman–Crippen LogP) is 6.39. The van der Waals surface area contributed by atoms with E-state index in [0.717, 1.165) is 5.56 Å². The summed E-state index contributed by atoms with van der Waals surface area (Å²) >= 11 is 26.7. The van der Waals surface area contributed by atoms with Crippen LogP contribution < -0.4 is 9.47 Å². The van der Waals surface area contributed by atoms with Crippen molar-refractivity contribution in [3.63, 3.8) is 0 Å². The molecule has 3 nitrogen and oxygen atoms in total. The van der Waals surface area contributed by atoms with Gasteiger partial charge in [0.25, 0.3) is 0 Å². The Labute approximate surface area is 169 Å². The lowest BCUT2D eigenvalue weighted by molar-refractivity contribution is 0.282. The lowest BCUT2D eigenvalue weighted by atomic mass is 10.2. The van der Waals surface area contributed by atoms with Crippen LogP contribution in [0.15, 0.2) is 24.3 Å². The summed E-state index contributed by atoms with van der Waals surface area (Å²) < 4.78 is 9.92. The Morgan fingerprint density at radius 3 is 1.38 bits per heavy atom. The highest BCUT2D eigenvalue weighted by Gasteiger charge is 2.07. The van der Waals surface area contributed by atoms with Crippen LogP contribution in [0.3, 0.4) is 0 Å². The number of ether oxygens (including phenoxy) is 2. The highest BCUT2D eigenvalue weighted by Crippen LogP contribution is 2.31. The minimum absolute atomic E-state index is 0.165. The molecule has 1 N–H and O–H groups in total. The second-order valence-electron chi connectivity index (χ2n) is 4.43.